The summed E-state index contributed by atoms with van der Waals surface area (Å²) in [6, 6.07) is 22.7. The molecular weight excluding hydrogens is 386 g/mol. The summed E-state index contributed by atoms with van der Waals surface area (Å²) < 4.78 is 5.42. The average Bonchev–Trinajstić information content (AvgIpc) is 3.19. The Balaban J connectivity index is 1.87. The third-order valence-corrected chi connectivity index (χ3v) is 4.84. The van der Waals surface area contributed by atoms with Gasteiger partial charge in [0.1, 0.15) is 11.3 Å². The largest absolute Gasteiger partial charge is 0.351 e. The zero-order valence-electron chi connectivity index (χ0n) is 15.6. The minimum Gasteiger partial charge on any atom is -0.351 e. The van der Waals surface area contributed by atoms with E-state index in [2.05, 4.69) is 5.16 Å². The molecule has 0 fully saturated rings. The molecule has 0 saturated carbocycles. The topological polar surface area (TPSA) is 60.2 Å². The van der Waals surface area contributed by atoms with Gasteiger partial charge in [-0.15, -0.1) is 0 Å². The van der Waals surface area contributed by atoms with Crippen molar-refractivity contribution in [2.75, 3.05) is 0 Å². The van der Waals surface area contributed by atoms with Gasteiger partial charge in [-0.05, 0) is 19.1 Å². The number of aryl methyl sites for hydroxylation is 1. The molecule has 4 aromatic rings. The number of benzene rings is 3. The zero-order chi connectivity index (χ0) is 20.4. The number of aromatic nitrogens is 1. The van der Waals surface area contributed by atoms with E-state index in [9.17, 15) is 9.59 Å². The number of nitrogens with zero attached hydrogens (tertiary/aromatic N) is 1. The SMILES string of the molecule is Cc1ccc(C(=O)c2onc(-c3ccc(Cl)cc3)c2C(=O)c2ccccc2)cc1. The van der Waals surface area contributed by atoms with E-state index in [1.807, 2.05) is 25.1 Å². The van der Waals surface area contributed by atoms with Crippen LogP contribution in [0, 0.1) is 6.92 Å². The van der Waals surface area contributed by atoms with Crippen LogP contribution in [-0.2, 0) is 0 Å². The van der Waals surface area contributed by atoms with Gasteiger partial charge >= 0.3 is 0 Å². The van der Waals surface area contributed by atoms with Crippen molar-refractivity contribution in [2.45, 2.75) is 6.92 Å². The van der Waals surface area contributed by atoms with Gasteiger partial charge in [-0.3, -0.25) is 9.59 Å². The normalized spacial score (nSPS) is 10.7. The molecule has 0 atom stereocenters. The van der Waals surface area contributed by atoms with E-state index >= 15 is 0 Å². The molecule has 5 heteroatoms. The lowest BCUT2D eigenvalue weighted by Crippen LogP contribution is -2.10. The molecule has 142 valence electrons. The number of carbonyl (C=O) groups excluding carboxylic acids is 2. The second kappa shape index (κ2) is 7.86. The minimum atomic E-state index is -0.392. The highest BCUT2D eigenvalue weighted by Gasteiger charge is 2.29. The molecule has 0 amide bonds. The van der Waals surface area contributed by atoms with Crippen molar-refractivity contribution >= 4 is 23.2 Å². The van der Waals surface area contributed by atoms with E-state index in [0.717, 1.165) is 5.56 Å². The average molecular weight is 402 g/mol. The van der Waals surface area contributed by atoms with Crippen molar-refractivity contribution in [3.8, 4) is 11.3 Å². The fourth-order valence-corrected chi connectivity index (χ4v) is 3.16. The fourth-order valence-electron chi connectivity index (χ4n) is 3.03. The molecule has 1 heterocycles. The molecule has 0 saturated heterocycles. The summed E-state index contributed by atoms with van der Waals surface area (Å²) in [4.78, 5) is 26.4. The Hall–Kier alpha value is -3.50. The second-order valence-corrected chi connectivity index (χ2v) is 7.07. The molecule has 0 aliphatic rings. The van der Waals surface area contributed by atoms with Crippen LogP contribution in [0.2, 0.25) is 5.02 Å². The minimum absolute atomic E-state index is 0.0762. The van der Waals surface area contributed by atoms with Crippen molar-refractivity contribution in [3.05, 3.63) is 112 Å². The number of hydrogen-bond acceptors (Lipinski definition) is 4. The third kappa shape index (κ3) is 3.75. The van der Waals surface area contributed by atoms with Crippen LogP contribution in [-0.4, -0.2) is 16.7 Å². The van der Waals surface area contributed by atoms with Gasteiger partial charge in [-0.1, -0.05) is 89.1 Å². The first kappa shape index (κ1) is 18.8. The Labute approximate surface area is 172 Å². The number of rotatable bonds is 5. The first-order chi connectivity index (χ1) is 14.0. The summed E-state index contributed by atoms with van der Waals surface area (Å²) in [5.74, 6) is -0.795. The molecule has 4 nitrogen and oxygen atoms in total. The summed E-state index contributed by atoms with van der Waals surface area (Å²) >= 11 is 5.98. The standard InChI is InChI=1S/C24H16ClNO3/c1-15-7-9-18(10-8-15)23(28)24-20(22(27)17-5-3-2-4-6-17)21(26-29-24)16-11-13-19(25)14-12-16/h2-14H,1H3. The highest BCUT2D eigenvalue weighted by atomic mass is 35.5. The molecule has 0 radical (unpaired) electrons. The molecular formula is C24H16ClNO3. The summed E-state index contributed by atoms with van der Waals surface area (Å²) in [7, 11) is 0. The number of hydrogen-bond donors (Lipinski definition) is 0. The van der Waals surface area contributed by atoms with Crippen LogP contribution >= 0.6 is 11.6 Å². The Morgan fingerprint density at radius 1 is 0.793 bits per heavy atom. The Morgan fingerprint density at radius 2 is 1.41 bits per heavy atom. The molecule has 0 aliphatic carbocycles. The Bertz CT molecular complexity index is 1180. The van der Waals surface area contributed by atoms with Crippen LogP contribution in [0.4, 0.5) is 0 Å². The summed E-state index contributed by atoms with van der Waals surface area (Å²) in [6.07, 6.45) is 0. The van der Waals surface area contributed by atoms with Gasteiger partial charge in [0.25, 0.3) is 0 Å². The molecule has 0 bridgehead atoms. The first-order valence-electron chi connectivity index (χ1n) is 9.01. The van der Waals surface area contributed by atoms with E-state index in [1.54, 1.807) is 60.7 Å². The second-order valence-electron chi connectivity index (χ2n) is 6.63. The molecule has 29 heavy (non-hydrogen) atoms. The van der Waals surface area contributed by atoms with Gasteiger partial charge in [0, 0.05) is 21.7 Å². The number of halogens is 1. The van der Waals surface area contributed by atoms with Crippen molar-refractivity contribution in [1.82, 2.24) is 5.16 Å². The van der Waals surface area contributed by atoms with Crippen LogP contribution in [0.25, 0.3) is 11.3 Å². The van der Waals surface area contributed by atoms with Gasteiger partial charge in [-0.2, -0.15) is 0 Å². The predicted molar refractivity (Wildman–Crippen MR) is 111 cm³/mol. The smallest absolute Gasteiger partial charge is 0.231 e. The molecule has 1 aromatic heterocycles. The van der Waals surface area contributed by atoms with Crippen LogP contribution in [0.3, 0.4) is 0 Å². The highest BCUT2D eigenvalue weighted by Crippen LogP contribution is 2.30. The van der Waals surface area contributed by atoms with Crippen molar-refractivity contribution in [2.24, 2.45) is 0 Å². The maximum Gasteiger partial charge on any atom is 0.231 e. The molecule has 0 unspecified atom stereocenters. The maximum absolute atomic E-state index is 13.3. The molecule has 0 N–H and O–H groups in total. The van der Waals surface area contributed by atoms with Gasteiger partial charge < -0.3 is 4.52 Å². The maximum atomic E-state index is 13.3. The van der Waals surface area contributed by atoms with E-state index in [0.29, 0.717) is 27.4 Å². The lowest BCUT2D eigenvalue weighted by molar-refractivity contribution is 0.0978. The van der Waals surface area contributed by atoms with Crippen molar-refractivity contribution < 1.29 is 14.1 Å². The van der Waals surface area contributed by atoms with Gasteiger partial charge in [0.05, 0.1) is 0 Å². The van der Waals surface area contributed by atoms with Crippen molar-refractivity contribution in [3.63, 3.8) is 0 Å². The summed E-state index contributed by atoms with van der Waals surface area (Å²) in [5.41, 5.74) is 3.00. The first-order valence-corrected chi connectivity index (χ1v) is 9.39. The molecule has 3 aromatic carbocycles. The van der Waals surface area contributed by atoms with Gasteiger partial charge in [0.15, 0.2) is 5.78 Å². The van der Waals surface area contributed by atoms with Crippen LogP contribution in [0.15, 0.2) is 83.4 Å². The van der Waals surface area contributed by atoms with E-state index < -0.39 is 5.78 Å². The zero-order valence-corrected chi connectivity index (χ0v) is 16.3. The van der Waals surface area contributed by atoms with E-state index in [4.69, 9.17) is 16.1 Å². The summed E-state index contributed by atoms with van der Waals surface area (Å²) in [6.45, 7) is 1.94. The Morgan fingerprint density at radius 3 is 2.07 bits per heavy atom. The highest BCUT2D eigenvalue weighted by molar-refractivity contribution is 6.30. The third-order valence-electron chi connectivity index (χ3n) is 4.59. The predicted octanol–water partition coefficient (Wildman–Crippen LogP) is 5.77. The van der Waals surface area contributed by atoms with E-state index in [1.165, 1.54) is 0 Å². The monoisotopic (exact) mass is 401 g/mol. The Kier molecular flexibility index (Phi) is 5.10. The van der Waals surface area contributed by atoms with E-state index in [-0.39, 0.29) is 17.1 Å². The lowest BCUT2D eigenvalue weighted by atomic mass is 9.95. The van der Waals surface area contributed by atoms with Crippen molar-refractivity contribution in [1.29, 1.82) is 0 Å². The van der Waals surface area contributed by atoms with Crippen LogP contribution in [0.5, 0.6) is 0 Å². The van der Waals surface area contributed by atoms with Crippen LogP contribution < -0.4 is 0 Å². The molecule has 0 aliphatic heterocycles. The van der Waals surface area contributed by atoms with Gasteiger partial charge in [-0.25, -0.2) is 0 Å². The number of carbonyl (C=O) groups is 2. The molecule has 0 spiro atoms. The number of ketones is 2. The lowest BCUT2D eigenvalue weighted by Gasteiger charge is -2.05. The van der Waals surface area contributed by atoms with Crippen LogP contribution in [0.1, 0.15) is 37.6 Å². The van der Waals surface area contributed by atoms with Gasteiger partial charge in [0.2, 0.25) is 11.5 Å². The quantitative estimate of drug-likeness (QED) is 0.398. The summed E-state index contributed by atoms with van der Waals surface area (Å²) in [5, 5.41) is 4.63. The fraction of sp³-hybridized carbons (Fsp3) is 0.0417. The molecule has 4 rings (SSSR count).